The molecule has 2 nitrogen and oxygen atoms in total. The van der Waals surface area contributed by atoms with Gasteiger partial charge in [0, 0.05) is 27.8 Å². The first-order valence-corrected chi connectivity index (χ1v) is 10.9. The number of rotatable bonds is 4. The molecular formula is C30H22N2. The highest BCUT2D eigenvalue weighted by Gasteiger charge is 2.20. The van der Waals surface area contributed by atoms with Crippen molar-refractivity contribution in [3.05, 3.63) is 133 Å². The first kappa shape index (κ1) is 18.5. The van der Waals surface area contributed by atoms with Crippen molar-refractivity contribution in [2.24, 2.45) is 0 Å². The van der Waals surface area contributed by atoms with E-state index in [4.69, 9.17) is 0 Å². The normalized spacial score (nSPS) is 11.1. The maximum absolute atomic E-state index is 2.36. The average molecular weight is 411 g/mol. The molecule has 0 aliphatic carbocycles. The molecular weight excluding hydrogens is 388 g/mol. The summed E-state index contributed by atoms with van der Waals surface area (Å²) in [6, 6.07) is 47.1. The number of benzene rings is 5. The minimum absolute atomic E-state index is 1.14. The van der Waals surface area contributed by atoms with Gasteiger partial charge in [0.25, 0.3) is 0 Å². The van der Waals surface area contributed by atoms with Crippen LogP contribution in [-0.2, 0) is 0 Å². The lowest BCUT2D eigenvalue weighted by atomic mass is 10.1. The summed E-state index contributed by atoms with van der Waals surface area (Å²) in [6.45, 7) is 0. The quantitative estimate of drug-likeness (QED) is 0.284. The second kappa shape index (κ2) is 7.75. The van der Waals surface area contributed by atoms with Gasteiger partial charge in [-0.2, -0.15) is 0 Å². The number of aromatic nitrogens is 1. The SMILES string of the molecule is c1ccc(N(c2ccccc2)c2cccc3c2c2ccccc2n3-c2ccccc2)cc1. The smallest absolute Gasteiger partial charge is 0.0562 e. The standard InChI is InChI=1S/C30H22N2/c1-4-13-23(14-5-1)31(24-15-6-2-7-16-24)28-21-12-22-29-30(28)26-19-10-11-20-27(26)32(29)25-17-8-3-9-18-25/h1-22H. The van der Waals surface area contributed by atoms with Crippen LogP contribution < -0.4 is 4.90 Å². The van der Waals surface area contributed by atoms with Crippen molar-refractivity contribution in [1.29, 1.82) is 0 Å². The largest absolute Gasteiger partial charge is 0.310 e. The predicted octanol–water partition coefficient (Wildman–Crippen LogP) is 8.25. The fraction of sp³-hybridized carbons (Fsp3) is 0. The third kappa shape index (κ3) is 2.97. The number of nitrogens with zero attached hydrogens (tertiary/aromatic N) is 2. The van der Waals surface area contributed by atoms with Gasteiger partial charge in [0.1, 0.15) is 0 Å². The first-order valence-electron chi connectivity index (χ1n) is 10.9. The maximum atomic E-state index is 2.36. The Balaban J connectivity index is 1.72. The van der Waals surface area contributed by atoms with Crippen molar-refractivity contribution < 1.29 is 0 Å². The summed E-state index contributed by atoms with van der Waals surface area (Å²) in [5.74, 6) is 0. The summed E-state index contributed by atoms with van der Waals surface area (Å²) in [7, 11) is 0. The van der Waals surface area contributed by atoms with Crippen LogP contribution in [0.2, 0.25) is 0 Å². The van der Waals surface area contributed by atoms with E-state index in [-0.39, 0.29) is 0 Å². The van der Waals surface area contributed by atoms with E-state index in [0.29, 0.717) is 0 Å². The van der Waals surface area contributed by atoms with E-state index in [1.165, 1.54) is 33.2 Å². The van der Waals surface area contributed by atoms with Crippen molar-refractivity contribution in [3.63, 3.8) is 0 Å². The minimum Gasteiger partial charge on any atom is -0.310 e. The van der Waals surface area contributed by atoms with E-state index in [9.17, 15) is 0 Å². The number of hydrogen-bond donors (Lipinski definition) is 0. The van der Waals surface area contributed by atoms with Crippen molar-refractivity contribution in [2.75, 3.05) is 4.90 Å². The molecule has 0 atom stereocenters. The van der Waals surface area contributed by atoms with Gasteiger partial charge in [0.05, 0.1) is 16.7 Å². The average Bonchev–Trinajstić information content (AvgIpc) is 3.21. The fourth-order valence-corrected chi connectivity index (χ4v) is 4.62. The van der Waals surface area contributed by atoms with Crippen molar-refractivity contribution in [1.82, 2.24) is 4.57 Å². The molecule has 0 saturated heterocycles. The molecule has 152 valence electrons. The predicted molar refractivity (Wildman–Crippen MR) is 135 cm³/mol. The lowest BCUT2D eigenvalue weighted by Gasteiger charge is -2.26. The molecule has 0 aliphatic heterocycles. The van der Waals surface area contributed by atoms with Gasteiger partial charge in [-0.1, -0.05) is 78.9 Å². The van der Waals surface area contributed by atoms with E-state index in [2.05, 4.69) is 143 Å². The molecule has 32 heavy (non-hydrogen) atoms. The Hall–Kier alpha value is -4.30. The molecule has 0 amide bonds. The topological polar surface area (TPSA) is 8.17 Å². The number of anilines is 3. The van der Waals surface area contributed by atoms with Crippen LogP contribution in [0.4, 0.5) is 17.1 Å². The number of hydrogen-bond acceptors (Lipinski definition) is 1. The van der Waals surface area contributed by atoms with Crippen LogP contribution in [0.15, 0.2) is 133 Å². The van der Waals surface area contributed by atoms with E-state index in [0.717, 1.165) is 11.4 Å². The van der Waals surface area contributed by atoms with Gasteiger partial charge in [0.2, 0.25) is 0 Å². The molecule has 0 fully saturated rings. The molecule has 0 bridgehead atoms. The van der Waals surface area contributed by atoms with Gasteiger partial charge < -0.3 is 9.47 Å². The van der Waals surface area contributed by atoms with Crippen molar-refractivity contribution in [2.45, 2.75) is 0 Å². The molecule has 0 N–H and O–H groups in total. The lowest BCUT2D eigenvalue weighted by molar-refractivity contribution is 1.18. The van der Waals surface area contributed by atoms with Gasteiger partial charge in [-0.3, -0.25) is 0 Å². The summed E-state index contributed by atoms with van der Waals surface area (Å²) in [6.07, 6.45) is 0. The lowest BCUT2D eigenvalue weighted by Crippen LogP contribution is -2.10. The molecule has 1 aromatic heterocycles. The molecule has 1 heterocycles. The summed E-state index contributed by atoms with van der Waals surface area (Å²) in [5.41, 5.74) is 7.03. The van der Waals surface area contributed by atoms with Gasteiger partial charge in [-0.05, 0) is 54.6 Å². The summed E-state index contributed by atoms with van der Waals surface area (Å²) in [4.78, 5) is 2.35. The molecule has 0 unspecified atom stereocenters. The van der Waals surface area contributed by atoms with Gasteiger partial charge in [0.15, 0.2) is 0 Å². The van der Waals surface area contributed by atoms with Crippen LogP contribution >= 0.6 is 0 Å². The summed E-state index contributed by atoms with van der Waals surface area (Å²) in [5, 5.41) is 2.50. The fourth-order valence-electron chi connectivity index (χ4n) is 4.62. The second-order valence-electron chi connectivity index (χ2n) is 7.87. The van der Waals surface area contributed by atoms with Crippen LogP contribution in [0.25, 0.3) is 27.5 Å². The summed E-state index contributed by atoms with van der Waals surface area (Å²) >= 11 is 0. The third-order valence-electron chi connectivity index (χ3n) is 5.96. The molecule has 2 heteroatoms. The van der Waals surface area contributed by atoms with E-state index >= 15 is 0 Å². The Morgan fingerprint density at radius 2 is 0.969 bits per heavy atom. The molecule has 6 aromatic rings. The molecule has 0 radical (unpaired) electrons. The molecule has 0 spiro atoms. The Bertz CT molecular complexity index is 1460. The van der Waals surface area contributed by atoms with Crippen LogP contribution in [0.3, 0.4) is 0 Å². The zero-order valence-corrected chi connectivity index (χ0v) is 17.6. The van der Waals surface area contributed by atoms with Crippen molar-refractivity contribution in [3.8, 4) is 5.69 Å². The first-order chi connectivity index (χ1) is 15.9. The van der Waals surface area contributed by atoms with Gasteiger partial charge >= 0.3 is 0 Å². The molecule has 6 rings (SSSR count). The van der Waals surface area contributed by atoms with E-state index < -0.39 is 0 Å². The Labute approximate surface area is 187 Å². The maximum Gasteiger partial charge on any atom is 0.0562 e. The Kier molecular flexibility index (Phi) is 4.47. The van der Waals surface area contributed by atoms with E-state index in [1.807, 2.05) is 0 Å². The molecule has 0 aliphatic rings. The minimum atomic E-state index is 1.14. The van der Waals surface area contributed by atoms with E-state index in [1.54, 1.807) is 0 Å². The highest BCUT2D eigenvalue weighted by molar-refractivity contribution is 6.16. The molecule has 5 aromatic carbocycles. The number of para-hydroxylation sites is 4. The Morgan fingerprint density at radius 1 is 0.438 bits per heavy atom. The number of fused-ring (bicyclic) bond motifs is 3. The van der Waals surface area contributed by atoms with Crippen LogP contribution in [0, 0.1) is 0 Å². The van der Waals surface area contributed by atoms with Crippen LogP contribution in [-0.4, -0.2) is 4.57 Å². The Morgan fingerprint density at radius 3 is 1.62 bits per heavy atom. The highest BCUT2D eigenvalue weighted by atomic mass is 15.1. The zero-order chi connectivity index (χ0) is 21.3. The van der Waals surface area contributed by atoms with Crippen LogP contribution in [0.1, 0.15) is 0 Å². The monoisotopic (exact) mass is 410 g/mol. The van der Waals surface area contributed by atoms with Crippen molar-refractivity contribution >= 4 is 38.9 Å². The van der Waals surface area contributed by atoms with Crippen LogP contribution in [0.5, 0.6) is 0 Å². The highest BCUT2D eigenvalue weighted by Crippen LogP contribution is 2.43. The molecule has 0 saturated carbocycles. The van der Waals surface area contributed by atoms with Gasteiger partial charge in [-0.15, -0.1) is 0 Å². The third-order valence-corrected chi connectivity index (χ3v) is 5.96. The second-order valence-corrected chi connectivity index (χ2v) is 7.87. The summed E-state index contributed by atoms with van der Waals surface area (Å²) < 4.78 is 2.36. The van der Waals surface area contributed by atoms with Gasteiger partial charge in [-0.25, -0.2) is 0 Å². The zero-order valence-electron chi connectivity index (χ0n) is 17.6.